The molecule has 0 bridgehead atoms. The van der Waals surface area contributed by atoms with Crippen molar-refractivity contribution in [2.24, 2.45) is 5.73 Å². The van der Waals surface area contributed by atoms with Gasteiger partial charge in [-0.05, 0) is 43.5 Å². The maximum atomic E-state index is 11.3. The monoisotopic (exact) mass is 348 g/mol. The Morgan fingerprint density at radius 1 is 1.08 bits per heavy atom. The highest BCUT2D eigenvalue weighted by molar-refractivity contribution is 5.85. The van der Waals surface area contributed by atoms with Gasteiger partial charge < -0.3 is 15.8 Å². The summed E-state index contributed by atoms with van der Waals surface area (Å²) in [5, 5.41) is 2.85. The highest BCUT2D eigenvalue weighted by Gasteiger charge is 2.06. The summed E-state index contributed by atoms with van der Waals surface area (Å²) in [4.78, 5) is 11.3. The number of nitrogens with two attached hydrogens (primary N) is 1. The van der Waals surface area contributed by atoms with Gasteiger partial charge in [0.1, 0.15) is 12.4 Å². The zero-order valence-corrected chi connectivity index (χ0v) is 14.9. The first-order valence-corrected chi connectivity index (χ1v) is 7.83. The second kappa shape index (κ2) is 9.96. The number of aryl methyl sites for hydroxylation is 1. The minimum atomic E-state index is -0.129. The largest absolute Gasteiger partial charge is 0.489 e. The Morgan fingerprint density at radius 2 is 1.67 bits per heavy atom. The summed E-state index contributed by atoms with van der Waals surface area (Å²) >= 11 is 0. The molecule has 0 aliphatic rings. The molecule has 130 valence electrons. The van der Waals surface area contributed by atoms with Gasteiger partial charge in [0.25, 0.3) is 0 Å². The number of carbonyl (C=O) groups is 1. The van der Waals surface area contributed by atoms with Crippen LogP contribution in [-0.2, 0) is 17.8 Å². The molecule has 3 N–H and O–H groups in total. The van der Waals surface area contributed by atoms with E-state index in [-0.39, 0.29) is 30.9 Å². The molecule has 24 heavy (non-hydrogen) atoms. The highest BCUT2D eigenvalue weighted by Crippen LogP contribution is 2.15. The summed E-state index contributed by atoms with van der Waals surface area (Å²) in [7, 11) is 0. The third kappa shape index (κ3) is 6.60. The molecule has 0 saturated carbocycles. The quantitative estimate of drug-likeness (QED) is 0.808. The lowest BCUT2D eigenvalue weighted by Crippen LogP contribution is -2.38. The SMILES string of the molecule is Cc1ccc(COc2ccc(CC(C)NC(=O)CN)cc2)cc1.Cl. The van der Waals surface area contributed by atoms with Gasteiger partial charge in [0.05, 0.1) is 6.54 Å². The van der Waals surface area contributed by atoms with Crippen molar-refractivity contribution in [3.63, 3.8) is 0 Å². The number of rotatable bonds is 7. The molecule has 2 aromatic carbocycles. The Hall–Kier alpha value is -2.04. The third-order valence-corrected chi connectivity index (χ3v) is 3.58. The van der Waals surface area contributed by atoms with Gasteiger partial charge in [-0.2, -0.15) is 0 Å². The molecule has 0 heterocycles. The van der Waals surface area contributed by atoms with Crippen molar-refractivity contribution in [1.82, 2.24) is 5.32 Å². The predicted octanol–water partition coefficient (Wildman–Crippen LogP) is 3.00. The molecule has 1 amide bonds. The van der Waals surface area contributed by atoms with E-state index in [2.05, 4.69) is 36.5 Å². The average molecular weight is 349 g/mol. The Kier molecular flexibility index (Phi) is 8.30. The molecule has 2 rings (SSSR count). The van der Waals surface area contributed by atoms with Crippen LogP contribution in [0.15, 0.2) is 48.5 Å². The topological polar surface area (TPSA) is 64.3 Å². The Bertz CT molecular complexity index is 627. The van der Waals surface area contributed by atoms with E-state index in [1.807, 2.05) is 31.2 Å². The van der Waals surface area contributed by atoms with Crippen LogP contribution in [0.1, 0.15) is 23.6 Å². The van der Waals surface area contributed by atoms with Crippen LogP contribution >= 0.6 is 12.4 Å². The Morgan fingerprint density at radius 3 is 2.25 bits per heavy atom. The first kappa shape index (κ1) is 20.0. The summed E-state index contributed by atoms with van der Waals surface area (Å²) in [5.74, 6) is 0.712. The molecule has 0 spiro atoms. The summed E-state index contributed by atoms with van der Waals surface area (Å²) in [6.45, 7) is 4.62. The standard InChI is InChI=1S/C19H24N2O2.ClH/c1-14-3-5-17(6-4-14)13-23-18-9-7-16(8-10-18)11-15(2)21-19(22)12-20;/h3-10,15H,11-13,20H2,1-2H3,(H,21,22);1H. The third-order valence-electron chi connectivity index (χ3n) is 3.58. The molecular formula is C19H25ClN2O2. The van der Waals surface area contributed by atoms with Crippen molar-refractivity contribution < 1.29 is 9.53 Å². The maximum Gasteiger partial charge on any atom is 0.233 e. The van der Waals surface area contributed by atoms with Crippen LogP contribution in [0, 0.1) is 6.92 Å². The molecule has 0 aliphatic carbocycles. The normalized spacial score (nSPS) is 11.3. The molecule has 0 radical (unpaired) electrons. The van der Waals surface area contributed by atoms with E-state index >= 15 is 0 Å². The number of nitrogens with one attached hydrogen (secondary N) is 1. The number of halogens is 1. The lowest BCUT2D eigenvalue weighted by Gasteiger charge is -2.13. The van der Waals surface area contributed by atoms with Crippen molar-refractivity contribution in [2.75, 3.05) is 6.54 Å². The number of ether oxygens (including phenoxy) is 1. The van der Waals surface area contributed by atoms with Crippen LogP contribution in [0.25, 0.3) is 0 Å². The van der Waals surface area contributed by atoms with Gasteiger partial charge in [0.15, 0.2) is 0 Å². The van der Waals surface area contributed by atoms with Crippen molar-refractivity contribution >= 4 is 18.3 Å². The maximum absolute atomic E-state index is 11.3. The number of amides is 1. The first-order valence-electron chi connectivity index (χ1n) is 7.83. The minimum absolute atomic E-state index is 0. The second-order valence-electron chi connectivity index (χ2n) is 5.80. The van der Waals surface area contributed by atoms with E-state index in [1.165, 1.54) is 5.56 Å². The number of carbonyl (C=O) groups excluding carboxylic acids is 1. The summed E-state index contributed by atoms with van der Waals surface area (Å²) < 4.78 is 5.79. The van der Waals surface area contributed by atoms with E-state index < -0.39 is 0 Å². The molecular weight excluding hydrogens is 324 g/mol. The van der Waals surface area contributed by atoms with E-state index in [4.69, 9.17) is 10.5 Å². The van der Waals surface area contributed by atoms with Gasteiger partial charge in [0, 0.05) is 6.04 Å². The van der Waals surface area contributed by atoms with Crippen LogP contribution in [0.4, 0.5) is 0 Å². The van der Waals surface area contributed by atoms with Gasteiger partial charge in [-0.15, -0.1) is 12.4 Å². The van der Waals surface area contributed by atoms with E-state index in [1.54, 1.807) is 0 Å². The van der Waals surface area contributed by atoms with Gasteiger partial charge >= 0.3 is 0 Å². The van der Waals surface area contributed by atoms with Crippen molar-refractivity contribution in [1.29, 1.82) is 0 Å². The van der Waals surface area contributed by atoms with Gasteiger partial charge in [0.2, 0.25) is 5.91 Å². The Balaban J connectivity index is 0.00000288. The molecule has 2 aromatic rings. The van der Waals surface area contributed by atoms with Crippen LogP contribution in [-0.4, -0.2) is 18.5 Å². The molecule has 1 unspecified atom stereocenters. The van der Waals surface area contributed by atoms with Gasteiger partial charge in [-0.1, -0.05) is 42.0 Å². The fourth-order valence-corrected chi connectivity index (χ4v) is 2.31. The molecule has 5 heteroatoms. The van der Waals surface area contributed by atoms with Gasteiger partial charge in [-0.3, -0.25) is 4.79 Å². The number of benzene rings is 2. The zero-order chi connectivity index (χ0) is 16.7. The molecule has 0 saturated heterocycles. The van der Waals surface area contributed by atoms with Crippen molar-refractivity contribution in [2.45, 2.75) is 32.9 Å². The van der Waals surface area contributed by atoms with E-state index in [9.17, 15) is 4.79 Å². The smallest absolute Gasteiger partial charge is 0.233 e. The van der Waals surface area contributed by atoms with Crippen LogP contribution in [0.5, 0.6) is 5.75 Å². The van der Waals surface area contributed by atoms with Crippen molar-refractivity contribution in [3.8, 4) is 5.75 Å². The number of hydrogen-bond donors (Lipinski definition) is 2. The second-order valence-corrected chi connectivity index (χ2v) is 5.80. The summed E-state index contributed by atoms with van der Waals surface area (Å²) in [5.41, 5.74) is 8.84. The highest BCUT2D eigenvalue weighted by atomic mass is 35.5. The minimum Gasteiger partial charge on any atom is -0.489 e. The molecule has 0 aliphatic heterocycles. The average Bonchev–Trinajstić information content (AvgIpc) is 2.55. The zero-order valence-electron chi connectivity index (χ0n) is 14.1. The summed E-state index contributed by atoms with van der Waals surface area (Å²) in [6, 6.07) is 16.3. The molecule has 0 fully saturated rings. The number of hydrogen-bond acceptors (Lipinski definition) is 3. The van der Waals surface area contributed by atoms with Crippen molar-refractivity contribution in [3.05, 3.63) is 65.2 Å². The van der Waals surface area contributed by atoms with Crippen LogP contribution < -0.4 is 15.8 Å². The first-order chi connectivity index (χ1) is 11.1. The molecule has 1 atom stereocenters. The van der Waals surface area contributed by atoms with Gasteiger partial charge in [-0.25, -0.2) is 0 Å². The van der Waals surface area contributed by atoms with E-state index in [0.29, 0.717) is 6.61 Å². The lowest BCUT2D eigenvalue weighted by molar-refractivity contribution is -0.120. The molecule has 0 aromatic heterocycles. The fraction of sp³-hybridized carbons (Fsp3) is 0.316. The predicted molar refractivity (Wildman–Crippen MR) is 99.6 cm³/mol. The van der Waals surface area contributed by atoms with Crippen LogP contribution in [0.2, 0.25) is 0 Å². The summed E-state index contributed by atoms with van der Waals surface area (Å²) in [6.07, 6.45) is 0.768. The Labute approximate surface area is 149 Å². The fourth-order valence-electron chi connectivity index (χ4n) is 2.31. The lowest BCUT2D eigenvalue weighted by atomic mass is 10.1. The van der Waals surface area contributed by atoms with Crippen LogP contribution in [0.3, 0.4) is 0 Å². The van der Waals surface area contributed by atoms with E-state index in [0.717, 1.165) is 23.3 Å². The molecule has 4 nitrogen and oxygen atoms in total.